The lowest BCUT2D eigenvalue weighted by atomic mass is 9.79. The topological polar surface area (TPSA) is 49.8 Å². The first kappa shape index (κ1) is 14.5. The van der Waals surface area contributed by atoms with Crippen LogP contribution in [0.25, 0.3) is 0 Å². The van der Waals surface area contributed by atoms with Crippen LogP contribution in [0.1, 0.15) is 40.0 Å². The Balaban J connectivity index is 2.74. The van der Waals surface area contributed by atoms with Crippen LogP contribution in [-0.2, 0) is 9.53 Å². The zero-order chi connectivity index (χ0) is 12.9. The van der Waals surface area contributed by atoms with Gasteiger partial charge in [-0.25, -0.2) is 0 Å². The van der Waals surface area contributed by atoms with Gasteiger partial charge in [0.25, 0.3) is 0 Å². The zero-order valence-corrected chi connectivity index (χ0v) is 11.2. The molecule has 1 atom stereocenters. The number of carboxylic acids is 1. The number of carbonyl (C=O) groups is 1. The van der Waals surface area contributed by atoms with E-state index in [0.717, 1.165) is 13.0 Å². The van der Waals surface area contributed by atoms with Gasteiger partial charge in [-0.3, -0.25) is 9.69 Å². The highest BCUT2D eigenvalue weighted by Crippen LogP contribution is 2.32. The summed E-state index contributed by atoms with van der Waals surface area (Å²) < 4.78 is 5.30. The van der Waals surface area contributed by atoms with Crippen LogP contribution >= 0.6 is 0 Å². The Bertz CT molecular complexity index is 249. The van der Waals surface area contributed by atoms with Crippen molar-refractivity contribution >= 4 is 5.97 Å². The molecule has 0 amide bonds. The molecule has 1 aliphatic rings. The number of carboxylic acid groups (broad SMARTS) is 1. The van der Waals surface area contributed by atoms with Crippen molar-refractivity contribution in [1.29, 1.82) is 0 Å². The fourth-order valence-electron chi connectivity index (χ4n) is 2.43. The molecule has 1 aliphatic heterocycles. The molecule has 0 saturated carbocycles. The fraction of sp³-hybridized carbons (Fsp3) is 0.923. The van der Waals surface area contributed by atoms with Crippen molar-refractivity contribution in [2.24, 2.45) is 5.41 Å². The van der Waals surface area contributed by atoms with Crippen molar-refractivity contribution in [3.8, 4) is 0 Å². The molecule has 1 rings (SSSR count). The maximum atomic E-state index is 11.6. The highest BCUT2D eigenvalue weighted by atomic mass is 16.5. The lowest BCUT2D eigenvalue weighted by molar-refractivity contribution is -0.157. The van der Waals surface area contributed by atoms with E-state index in [1.807, 2.05) is 0 Å². The van der Waals surface area contributed by atoms with Gasteiger partial charge in [0.1, 0.15) is 0 Å². The van der Waals surface area contributed by atoms with E-state index in [-0.39, 0.29) is 0 Å². The molecule has 0 aromatic rings. The van der Waals surface area contributed by atoms with Crippen LogP contribution in [0.15, 0.2) is 0 Å². The minimum absolute atomic E-state index is 0.444. The van der Waals surface area contributed by atoms with Gasteiger partial charge in [-0.15, -0.1) is 0 Å². The molecule has 0 spiro atoms. The first-order valence-corrected chi connectivity index (χ1v) is 6.61. The van der Waals surface area contributed by atoms with E-state index in [4.69, 9.17) is 4.74 Å². The standard InChI is InChI=1S/C13H25NO3/c1-4-11(3)14(5-2)10-13(12(15)16)6-8-17-9-7-13/h11H,4-10H2,1-3H3,(H,15,16). The zero-order valence-electron chi connectivity index (χ0n) is 11.2. The Morgan fingerprint density at radius 3 is 2.41 bits per heavy atom. The van der Waals surface area contributed by atoms with Crippen molar-refractivity contribution in [3.63, 3.8) is 0 Å². The molecule has 4 nitrogen and oxygen atoms in total. The molecule has 1 N–H and O–H groups in total. The third-order valence-corrected chi connectivity index (χ3v) is 4.03. The molecule has 4 heteroatoms. The Morgan fingerprint density at radius 1 is 1.41 bits per heavy atom. The van der Waals surface area contributed by atoms with Crippen molar-refractivity contribution in [2.45, 2.75) is 46.1 Å². The van der Waals surface area contributed by atoms with Crippen molar-refractivity contribution in [2.75, 3.05) is 26.3 Å². The Hall–Kier alpha value is -0.610. The van der Waals surface area contributed by atoms with Crippen LogP contribution in [0.4, 0.5) is 0 Å². The number of hydrogen-bond donors (Lipinski definition) is 1. The maximum Gasteiger partial charge on any atom is 0.311 e. The van der Waals surface area contributed by atoms with Crippen molar-refractivity contribution in [1.82, 2.24) is 4.90 Å². The van der Waals surface area contributed by atoms with E-state index >= 15 is 0 Å². The molecular formula is C13H25NO3. The molecule has 1 fully saturated rings. The number of rotatable bonds is 6. The van der Waals surface area contributed by atoms with Gasteiger partial charge in [0.2, 0.25) is 0 Å². The fourth-order valence-corrected chi connectivity index (χ4v) is 2.43. The van der Waals surface area contributed by atoms with Crippen molar-refractivity contribution < 1.29 is 14.6 Å². The summed E-state index contributed by atoms with van der Waals surface area (Å²) >= 11 is 0. The lowest BCUT2D eigenvalue weighted by Crippen LogP contribution is -2.49. The Labute approximate surface area is 104 Å². The van der Waals surface area contributed by atoms with Gasteiger partial charge in [0.05, 0.1) is 5.41 Å². The third kappa shape index (κ3) is 3.42. The molecule has 17 heavy (non-hydrogen) atoms. The average molecular weight is 243 g/mol. The van der Waals surface area contributed by atoms with E-state index in [1.165, 1.54) is 0 Å². The summed E-state index contributed by atoms with van der Waals surface area (Å²) in [5.41, 5.74) is -0.600. The summed E-state index contributed by atoms with van der Waals surface area (Å²) in [5.74, 6) is -0.664. The van der Waals surface area contributed by atoms with Gasteiger partial charge in [0.15, 0.2) is 0 Å². The van der Waals surface area contributed by atoms with Crippen LogP contribution in [0.2, 0.25) is 0 Å². The van der Waals surface area contributed by atoms with Gasteiger partial charge >= 0.3 is 5.97 Å². The molecular weight excluding hydrogens is 218 g/mol. The predicted octanol–water partition coefficient (Wildman–Crippen LogP) is 1.99. The van der Waals surface area contributed by atoms with Crippen molar-refractivity contribution in [3.05, 3.63) is 0 Å². The number of aliphatic carboxylic acids is 1. The second kappa shape index (κ2) is 6.36. The third-order valence-electron chi connectivity index (χ3n) is 4.03. The minimum atomic E-state index is -0.664. The van der Waals surface area contributed by atoms with Crippen LogP contribution in [0, 0.1) is 5.41 Å². The molecule has 0 aromatic heterocycles. The molecule has 1 saturated heterocycles. The van der Waals surface area contributed by atoms with E-state index < -0.39 is 11.4 Å². The average Bonchev–Trinajstić information content (AvgIpc) is 2.36. The van der Waals surface area contributed by atoms with Crippen LogP contribution in [-0.4, -0.2) is 48.3 Å². The molecule has 1 heterocycles. The highest BCUT2D eigenvalue weighted by Gasteiger charge is 2.41. The molecule has 0 bridgehead atoms. The molecule has 0 radical (unpaired) electrons. The Kier molecular flexibility index (Phi) is 5.40. The lowest BCUT2D eigenvalue weighted by Gasteiger charge is -2.39. The van der Waals surface area contributed by atoms with Gasteiger partial charge in [-0.1, -0.05) is 13.8 Å². The minimum Gasteiger partial charge on any atom is -0.481 e. The van der Waals surface area contributed by atoms with E-state index in [0.29, 0.717) is 38.6 Å². The molecule has 0 aliphatic carbocycles. The summed E-state index contributed by atoms with van der Waals surface area (Å²) in [4.78, 5) is 13.8. The maximum absolute atomic E-state index is 11.6. The predicted molar refractivity (Wildman–Crippen MR) is 67.1 cm³/mol. The van der Waals surface area contributed by atoms with Crippen LogP contribution < -0.4 is 0 Å². The van der Waals surface area contributed by atoms with Gasteiger partial charge < -0.3 is 9.84 Å². The van der Waals surface area contributed by atoms with E-state index in [2.05, 4.69) is 25.7 Å². The van der Waals surface area contributed by atoms with Gasteiger partial charge in [-0.05, 0) is 32.7 Å². The SMILES string of the molecule is CCC(C)N(CC)CC1(C(=O)O)CCOCC1. The second-order valence-electron chi connectivity index (χ2n) is 5.02. The molecule has 0 aromatic carbocycles. The van der Waals surface area contributed by atoms with E-state index in [1.54, 1.807) is 0 Å². The van der Waals surface area contributed by atoms with E-state index in [9.17, 15) is 9.90 Å². The van der Waals surface area contributed by atoms with Gasteiger partial charge in [-0.2, -0.15) is 0 Å². The summed E-state index contributed by atoms with van der Waals surface area (Å²) in [6, 6.07) is 0.444. The van der Waals surface area contributed by atoms with Crippen LogP contribution in [0.5, 0.6) is 0 Å². The summed E-state index contributed by atoms with van der Waals surface area (Å²) in [6.07, 6.45) is 2.32. The van der Waals surface area contributed by atoms with Crippen LogP contribution in [0.3, 0.4) is 0 Å². The summed E-state index contributed by atoms with van der Waals surface area (Å²) in [6.45, 7) is 9.11. The molecule has 1 unspecified atom stereocenters. The largest absolute Gasteiger partial charge is 0.481 e. The first-order valence-electron chi connectivity index (χ1n) is 6.61. The number of nitrogens with zero attached hydrogens (tertiary/aromatic N) is 1. The number of hydrogen-bond acceptors (Lipinski definition) is 3. The smallest absolute Gasteiger partial charge is 0.311 e. The van der Waals surface area contributed by atoms with Gasteiger partial charge in [0, 0.05) is 25.8 Å². The normalized spacial score (nSPS) is 21.4. The monoisotopic (exact) mass is 243 g/mol. The summed E-state index contributed by atoms with van der Waals surface area (Å²) in [7, 11) is 0. The number of ether oxygens (including phenoxy) is 1. The highest BCUT2D eigenvalue weighted by molar-refractivity contribution is 5.75. The first-order chi connectivity index (χ1) is 8.05. The Morgan fingerprint density at radius 2 is 2.00 bits per heavy atom. The quantitative estimate of drug-likeness (QED) is 0.775. The summed E-state index contributed by atoms with van der Waals surface area (Å²) in [5, 5.41) is 9.51. The molecule has 100 valence electrons. The second-order valence-corrected chi connectivity index (χ2v) is 5.02.